The first-order valence-corrected chi connectivity index (χ1v) is 5.83. The van der Waals surface area contributed by atoms with Gasteiger partial charge in [0.25, 0.3) is 0 Å². The van der Waals surface area contributed by atoms with Crippen molar-refractivity contribution in [2.24, 2.45) is 10.7 Å². The minimum Gasteiger partial charge on any atom is -0.370 e. The lowest BCUT2D eigenvalue weighted by Gasteiger charge is -2.21. The van der Waals surface area contributed by atoms with Crippen LogP contribution in [-0.4, -0.2) is 49.3 Å². The molecule has 0 unspecified atom stereocenters. The Morgan fingerprint density at radius 2 is 1.83 bits per heavy atom. The van der Waals surface area contributed by atoms with Gasteiger partial charge in [-0.3, -0.25) is 9.89 Å². The van der Waals surface area contributed by atoms with Gasteiger partial charge in [0, 0.05) is 12.1 Å². The van der Waals surface area contributed by atoms with Gasteiger partial charge in [0.05, 0.1) is 6.54 Å². The normalized spacial score (nSPS) is 14.1. The van der Waals surface area contributed by atoms with Crippen molar-refractivity contribution < 1.29 is 13.2 Å². The van der Waals surface area contributed by atoms with E-state index in [1.165, 1.54) is 11.9 Å². The van der Waals surface area contributed by atoms with E-state index in [1.54, 1.807) is 0 Å². The molecule has 0 radical (unpaired) electrons. The third kappa shape index (κ3) is 11.5. The number of hydrogen-bond donors (Lipinski definition) is 2. The molecule has 3 N–H and O–H groups in total. The van der Waals surface area contributed by atoms with Gasteiger partial charge in [0.15, 0.2) is 5.96 Å². The zero-order valence-corrected chi connectivity index (χ0v) is 11.4. The van der Waals surface area contributed by atoms with Crippen LogP contribution in [-0.2, 0) is 0 Å². The molecule has 18 heavy (non-hydrogen) atoms. The third-order valence-electron chi connectivity index (χ3n) is 1.93. The predicted molar refractivity (Wildman–Crippen MR) is 67.5 cm³/mol. The van der Waals surface area contributed by atoms with Crippen molar-refractivity contribution >= 4 is 5.96 Å². The topological polar surface area (TPSA) is 53.6 Å². The molecule has 0 aliphatic rings. The van der Waals surface area contributed by atoms with Crippen LogP contribution in [0.4, 0.5) is 13.2 Å². The summed E-state index contributed by atoms with van der Waals surface area (Å²) in [6.45, 7) is 5.71. The number of guanidine groups is 1. The van der Waals surface area contributed by atoms with Crippen molar-refractivity contribution in [3.05, 3.63) is 0 Å². The summed E-state index contributed by atoms with van der Waals surface area (Å²) in [5.74, 6) is 0.320. The maximum absolute atomic E-state index is 12.0. The van der Waals surface area contributed by atoms with Crippen LogP contribution in [0.3, 0.4) is 0 Å². The Hall–Kier alpha value is -0.980. The maximum atomic E-state index is 12.0. The molecule has 0 aromatic rings. The van der Waals surface area contributed by atoms with Crippen LogP contribution >= 0.6 is 0 Å². The van der Waals surface area contributed by atoms with Crippen molar-refractivity contribution in [2.45, 2.75) is 38.9 Å². The van der Waals surface area contributed by atoms with E-state index in [-0.39, 0.29) is 5.54 Å². The second kappa shape index (κ2) is 6.82. The standard InChI is InChI=1S/C11H23F3N4/c1-10(2,3)17-9(15)16-6-5-7-18(4)8-11(12,13)14/h5-8H2,1-4H3,(H3,15,16,17). The van der Waals surface area contributed by atoms with E-state index < -0.39 is 12.7 Å². The summed E-state index contributed by atoms with van der Waals surface area (Å²) in [4.78, 5) is 5.28. The number of aliphatic imine (C=N–C) groups is 1. The van der Waals surface area contributed by atoms with Crippen molar-refractivity contribution in [3.63, 3.8) is 0 Å². The summed E-state index contributed by atoms with van der Waals surface area (Å²) in [7, 11) is 1.44. The van der Waals surface area contributed by atoms with Gasteiger partial charge in [0.2, 0.25) is 0 Å². The number of nitrogens with zero attached hydrogens (tertiary/aromatic N) is 2. The van der Waals surface area contributed by atoms with Crippen LogP contribution < -0.4 is 11.1 Å². The van der Waals surface area contributed by atoms with E-state index in [9.17, 15) is 13.2 Å². The SMILES string of the molecule is CN(CCCN=C(N)NC(C)(C)C)CC(F)(F)F. The van der Waals surface area contributed by atoms with E-state index in [2.05, 4.69) is 10.3 Å². The molecule has 0 atom stereocenters. The highest BCUT2D eigenvalue weighted by molar-refractivity contribution is 5.78. The van der Waals surface area contributed by atoms with Gasteiger partial charge in [-0.05, 0) is 40.8 Å². The highest BCUT2D eigenvalue weighted by Gasteiger charge is 2.28. The van der Waals surface area contributed by atoms with Gasteiger partial charge in [-0.2, -0.15) is 13.2 Å². The summed E-state index contributed by atoms with van der Waals surface area (Å²) >= 11 is 0. The Morgan fingerprint density at radius 3 is 2.28 bits per heavy atom. The Balaban J connectivity index is 3.82. The van der Waals surface area contributed by atoms with Gasteiger partial charge >= 0.3 is 6.18 Å². The van der Waals surface area contributed by atoms with E-state index in [4.69, 9.17) is 5.73 Å². The fraction of sp³-hybridized carbons (Fsp3) is 0.909. The highest BCUT2D eigenvalue weighted by atomic mass is 19.4. The first-order chi connectivity index (χ1) is 7.99. The lowest BCUT2D eigenvalue weighted by atomic mass is 10.1. The van der Waals surface area contributed by atoms with E-state index >= 15 is 0 Å². The van der Waals surface area contributed by atoms with Gasteiger partial charge in [-0.25, -0.2) is 0 Å². The molecule has 0 amide bonds. The van der Waals surface area contributed by atoms with Crippen LogP contribution in [0.15, 0.2) is 4.99 Å². The minimum absolute atomic E-state index is 0.166. The van der Waals surface area contributed by atoms with Gasteiger partial charge < -0.3 is 11.1 Å². The van der Waals surface area contributed by atoms with Crippen LogP contribution in [0.25, 0.3) is 0 Å². The van der Waals surface area contributed by atoms with Crippen molar-refractivity contribution in [2.75, 3.05) is 26.7 Å². The maximum Gasteiger partial charge on any atom is 0.401 e. The molecule has 0 aromatic heterocycles. The molecule has 108 valence electrons. The molecule has 0 spiro atoms. The third-order valence-corrected chi connectivity index (χ3v) is 1.93. The number of nitrogens with two attached hydrogens (primary N) is 1. The van der Waals surface area contributed by atoms with Crippen LogP contribution in [0.1, 0.15) is 27.2 Å². The Morgan fingerprint density at radius 1 is 1.28 bits per heavy atom. The van der Waals surface area contributed by atoms with Gasteiger partial charge in [-0.15, -0.1) is 0 Å². The average molecular weight is 268 g/mol. The largest absolute Gasteiger partial charge is 0.401 e. The molecule has 0 heterocycles. The molecule has 0 aromatic carbocycles. The molecule has 0 fully saturated rings. The lowest BCUT2D eigenvalue weighted by Crippen LogP contribution is -2.45. The molecule has 0 saturated heterocycles. The Labute approximate surface area is 106 Å². The molecular formula is C11H23F3N4. The number of halogens is 3. The number of nitrogens with one attached hydrogen (secondary N) is 1. The quantitative estimate of drug-likeness (QED) is 0.452. The molecule has 0 saturated carbocycles. The number of hydrogen-bond acceptors (Lipinski definition) is 2. The van der Waals surface area contributed by atoms with E-state index in [1.807, 2.05) is 20.8 Å². The van der Waals surface area contributed by atoms with Gasteiger partial charge in [0.1, 0.15) is 0 Å². The summed E-state index contributed by atoms with van der Waals surface area (Å²) in [6.07, 6.45) is -3.61. The minimum atomic E-state index is -4.15. The zero-order chi connectivity index (χ0) is 14.4. The molecule has 0 rings (SSSR count). The van der Waals surface area contributed by atoms with Crippen LogP contribution in [0.5, 0.6) is 0 Å². The summed E-state index contributed by atoms with van der Waals surface area (Å²) in [5.41, 5.74) is 5.46. The van der Waals surface area contributed by atoms with Crippen molar-refractivity contribution in [3.8, 4) is 0 Å². The molecular weight excluding hydrogens is 245 g/mol. The zero-order valence-electron chi connectivity index (χ0n) is 11.4. The molecule has 7 heteroatoms. The van der Waals surface area contributed by atoms with Crippen molar-refractivity contribution in [1.82, 2.24) is 10.2 Å². The predicted octanol–water partition coefficient (Wildman–Crippen LogP) is 1.57. The van der Waals surface area contributed by atoms with Gasteiger partial charge in [-0.1, -0.05) is 0 Å². The number of alkyl halides is 3. The van der Waals surface area contributed by atoms with Crippen molar-refractivity contribution in [1.29, 1.82) is 0 Å². The average Bonchev–Trinajstić information content (AvgIpc) is 2.06. The van der Waals surface area contributed by atoms with Crippen LogP contribution in [0, 0.1) is 0 Å². The Bertz CT molecular complexity index is 268. The number of rotatable bonds is 5. The van der Waals surface area contributed by atoms with Crippen LogP contribution in [0.2, 0.25) is 0 Å². The highest BCUT2D eigenvalue weighted by Crippen LogP contribution is 2.15. The first-order valence-electron chi connectivity index (χ1n) is 5.83. The summed E-state index contributed by atoms with van der Waals surface area (Å²) in [6, 6.07) is 0. The fourth-order valence-electron chi connectivity index (χ4n) is 1.35. The second-order valence-electron chi connectivity index (χ2n) is 5.35. The molecule has 0 aliphatic heterocycles. The molecule has 4 nitrogen and oxygen atoms in total. The van der Waals surface area contributed by atoms with E-state index in [0.29, 0.717) is 25.5 Å². The second-order valence-corrected chi connectivity index (χ2v) is 5.35. The van der Waals surface area contributed by atoms with E-state index in [0.717, 1.165) is 0 Å². The first kappa shape index (κ1) is 17.0. The molecule has 0 bridgehead atoms. The summed E-state index contributed by atoms with van der Waals surface area (Å²) in [5, 5.41) is 2.98. The summed E-state index contributed by atoms with van der Waals surface area (Å²) < 4.78 is 36.1. The molecule has 0 aliphatic carbocycles. The smallest absolute Gasteiger partial charge is 0.370 e. The lowest BCUT2D eigenvalue weighted by molar-refractivity contribution is -0.143. The Kier molecular flexibility index (Phi) is 6.45. The fourth-order valence-corrected chi connectivity index (χ4v) is 1.35. The monoisotopic (exact) mass is 268 g/mol.